The number of thiophene rings is 1. The van der Waals surface area contributed by atoms with Crippen molar-refractivity contribution in [3.63, 3.8) is 0 Å². The van der Waals surface area contributed by atoms with Crippen LogP contribution in [0.5, 0.6) is 0 Å². The van der Waals surface area contributed by atoms with E-state index < -0.39 is 10.0 Å². The van der Waals surface area contributed by atoms with Crippen molar-refractivity contribution in [1.82, 2.24) is 4.72 Å². The van der Waals surface area contributed by atoms with Gasteiger partial charge in [0.1, 0.15) is 4.21 Å². The average Bonchev–Trinajstić information content (AvgIpc) is 2.61. The summed E-state index contributed by atoms with van der Waals surface area (Å²) in [7, 11) is -1.87. The van der Waals surface area contributed by atoms with Gasteiger partial charge in [0.2, 0.25) is 0 Å². The maximum atomic E-state index is 11.7. The number of ether oxygens (including phenoxy) is 1. The summed E-state index contributed by atoms with van der Waals surface area (Å²) >= 11 is 4.36. The van der Waals surface area contributed by atoms with Gasteiger partial charge in [-0.15, -0.1) is 11.3 Å². The predicted octanol–water partition coefficient (Wildman–Crippen LogP) is 1.82. The lowest BCUT2D eigenvalue weighted by atomic mass is 10.4. The lowest BCUT2D eigenvalue weighted by Gasteiger charge is -2.10. The minimum Gasteiger partial charge on any atom is -0.380 e. The lowest BCUT2D eigenvalue weighted by molar-refractivity contribution is 0.122. The third-order valence-corrected chi connectivity index (χ3v) is 5.89. The highest BCUT2D eigenvalue weighted by atomic mass is 79.9. The Bertz CT molecular complexity index is 415. The quantitative estimate of drug-likeness (QED) is 0.902. The molecule has 0 aliphatic rings. The molecule has 1 aromatic rings. The van der Waals surface area contributed by atoms with Gasteiger partial charge in [-0.05, 0) is 34.3 Å². The smallest absolute Gasteiger partial charge is 0.251 e. The van der Waals surface area contributed by atoms with Crippen LogP contribution in [0, 0.1) is 0 Å². The number of halogens is 1. The average molecular weight is 314 g/mol. The number of sulfonamides is 1. The third-order valence-electron chi connectivity index (χ3n) is 1.79. The van der Waals surface area contributed by atoms with E-state index in [1.165, 1.54) is 11.3 Å². The van der Waals surface area contributed by atoms with E-state index in [-0.39, 0.29) is 12.6 Å². The molecular formula is C8H12BrNO3S2. The molecule has 0 aliphatic heterocycles. The van der Waals surface area contributed by atoms with Crippen molar-refractivity contribution < 1.29 is 13.2 Å². The maximum absolute atomic E-state index is 11.7. The molecule has 1 rings (SSSR count). The Balaban J connectivity index is 2.73. The van der Waals surface area contributed by atoms with Gasteiger partial charge in [-0.2, -0.15) is 0 Å². The van der Waals surface area contributed by atoms with Crippen molar-refractivity contribution >= 4 is 37.3 Å². The number of rotatable bonds is 5. The van der Waals surface area contributed by atoms with E-state index >= 15 is 0 Å². The number of hydrogen-bond donors (Lipinski definition) is 1. The molecule has 1 heterocycles. The fourth-order valence-electron chi connectivity index (χ4n) is 0.848. The van der Waals surface area contributed by atoms with Crippen molar-refractivity contribution in [2.75, 3.05) is 13.7 Å². The normalized spacial score (nSPS) is 14.1. The van der Waals surface area contributed by atoms with Crippen molar-refractivity contribution in [3.05, 3.63) is 15.9 Å². The van der Waals surface area contributed by atoms with Crippen LogP contribution in [0.4, 0.5) is 0 Å². The molecule has 4 nitrogen and oxygen atoms in total. The summed E-state index contributed by atoms with van der Waals surface area (Å²) in [6, 6.07) is 1.71. The van der Waals surface area contributed by atoms with Crippen molar-refractivity contribution in [2.45, 2.75) is 17.2 Å². The first-order valence-corrected chi connectivity index (χ1v) is 7.38. The Labute approximate surface area is 102 Å². The van der Waals surface area contributed by atoms with Crippen LogP contribution in [0.15, 0.2) is 20.1 Å². The van der Waals surface area contributed by atoms with Crippen LogP contribution in [0.1, 0.15) is 6.92 Å². The standard InChI is InChI=1S/C8H12BrNO3S2/c1-6(13-2)5-10-15(11,12)8-7(9)3-4-14-8/h3-4,6,10H,5H2,1-2H3. The molecule has 0 amide bonds. The zero-order chi connectivity index (χ0) is 11.5. The summed E-state index contributed by atoms with van der Waals surface area (Å²) in [6.45, 7) is 2.06. The second-order valence-corrected chi connectivity index (χ2v) is 6.69. The van der Waals surface area contributed by atoms with Gasteiger partial charge in [-0.25, -0.2) is 13.1 Å². The Hall–Kier alpha value is 0.0500. The van der Waals surface area contributed by atoms with E-state index in [9.17, 15) is 8.42 Å². The molecular weight excluding hydrogens is 302 g/mol. The Morgan fingerprint density at radius 1 is 1.67 bits per heavy atom. The minimum atomic E-state index is -3.41. The number of nitrogens with one attached hydrogen (secondary N) is 1. The van der Waals surface area contributed by atoms with Crippen molar-refractivity contribution in [2.24, 2.45) is 0 Å². The molecule has 7 heteroatoms. The summed E-state index contributed by atoms with van der Waals surface area (Å²) in [5, 5.41) is 1.72. The van der Waals surface area contributed by atoms with Crippen LogP contribution >= 0.6 is 27.3 Å². The first kappa shape index (κ1) is 13.1. The molecule has 0 fully saturated rings. The Morgan fingerprint density at radius 3 is 2.80 bits per heavy atom. The Kier molecular flexibility index (Phi) is 4.72. The van der Waals surface area contributed by atoms with Crippen LogP contribution in [0.2, 0.25) is 0 Å². The maximum Gasteiger partial charge on any atom is 0.251 e. The molecule has 0 aliphatic carbocycles. The molecule has 86 valence electrons. The summed E-state index contributed by atoms with van der Waals surface area (Å²) < 4.78 is 31.8. The SMILES string of the molecule is COC(C)CNS(=O)(=O)c1sccc1Br. The molecule has 0 spiro atoms. The monoisotopic (exact) mass is 313 g/mol. The van der Waals surface area contributed by atoms with E-state index in [0.29, 0.717) is 8.68 Å². The van der Waals surface area contributed by atoms with Gasteiger partial charge in [0.05, 0.1) is 6.10 Å². The second-order valence-electron chi connectivity index (χ2n) is 2.95. The van der Waals surface area contributed by atoms with Crippen LogP contribution in [0.3, 0.4) is 0 Å². The van der Waals surface area contributed by atoms with E-state index in [4.69, 9.17) is 4.74 Å². The molecule has 0 aromatic carbocycles. The molecule has 0 saturated heterocycles. The summed E-state index contributed by atoms with van der Waals surface area (Å²) in [5.74, 6) is 0. The van der Waals surface area contributed by atoms with Gasteiger partial charge in [0.15, 0.2) is 0 Å². The van der Waals surface area contributed by atoms with Gasteiger partial charge in [0, 0.05) is 18.1 Å². The highest BCUT2D eigenvalue weighted by molar-refractivity contribution is 9.10. The van der Waals surface area contributed by atoms with E-state index in [1.54, 1.807) is 25.5 Å². The zero-order valence-corrected chi connectivity index (χ0v) is 11.6. The van der Waals surface area contributed by atoms with Crippen molar-refractivity contribution in [3.8, 4) is 0 Å². The third kappa shape index (κ3) is 3.53. The van der Waals surface area contributed by atoms with Crippen LogP contribution in [0.25, 0.3) is 0 Å². The van der Waals surface area contributed by atoms with E-state index in [2.05, 4.69) is 20.7 Å². The fourth-order valence-corrected chi connectivity index (χ4v) is 4.34. The first-order valence-electron chi connectivity index (χ1n) is 4.23. The highest BCUT2D eigenvalue weighted by Gasteiger charge is 2.19. The molecule has 15 heavy (non-hydrogen) atoms. The summed E-state index contributed by atoms with van der Waals surface area (Å²) in [4.78, 5) is 0. The topological polar surface area (TPSA) is 55.4 Å². The van der Waals surface area contributed by atoms with Crippen molar-refractivity contribution in [1.29, 1.82) is 0 Å². The Morgan fingerprint density at radius 2 is 2.33 bits per heavy atom. The summed E-state index contributed by atoms with van der Waals surface area (Å²) in [5.41, 5.74) is 0. The number of methoxy groups -OCH3 is 1. The van der Waals surface area contributed by atoms with E-state index in [1.807, 2.05) is 0 Å². The van der Waals surface area contributed by atoms with Crippen LogP contribution < -0.4 is 4.72 Å². The largest absolute Gasteiger partial charge is 0.380 e. The molecule has 0 radical (unpaired) electrons. The predicted molar refractivity (Wildman–Crippen MR) is 63.7 cm³/mol. The van der Waals surface area contributed by atoms with Gasteiger partial charge < -0.3 is 4.74 Å². The fraction of sp³-hybridized carbons (Fsp3) is 0.500. The number of hydrogen-bond acceptors (Lipinski definition) is 4. The van der Waals surface area contributed by atoms with E-state index in [0.717, 1.165) is 0 Å². The van der Waals surface area contributed by atoms with Crippen LogP contribution in [-0.4, -0.2) is 28.2 Å². The van der Waals surface area contributed by atoms with Gasteiger partial charge >= 0.3 is 0 Å². The van der Waals surface area contributed by atoms with Gasteiger partial charge in [-0.3, -0.25) is 0 Å². The molecule has 0 saturated carbocycles. The lowest BCUT2D eigenvalue weighted by Crippen LogP contribution is -2.31. The second kappa shape index (κ2) is 5.40. The minimum absolute atomic E-state index is 0.140. The zero-order valence-electron chi connectivity index (χ0n) is 8.36. The first-order chi connectivity index (χ1) is 6.97. The highest BCUT2D eigenvalue weighted by Crippen LogP contribution is 2.27. The summed E-state index contributed by atoms with van der Waals surface area (Å²) in [6.07, 6.45) is -0.140. The molecule has 1 aromatic heterocycles. The molecule has 1 N–H and O–H groups in total. The van der Waals surface area contributed by atoms with Gasteiger partial charge in [-0.1, -0.05) is 0 Å². The molecule has 0 bridgehead atoms. The molecule has 1 unspecified atom stereocenters. The van der Waals surface area contributed by atoms with Crippen LogP contribution in [-0.2, 0) is 14.8 Å². The van der Waals surface area contributed by atoms with Gasteiger partial charge in [0.25, 0.3) is 10.0 Å². The molecule has 1 atom stereocenters.